The molecule has 0 spiro atoms. The van der Waals surface area contributed by atoms with Crippen LogP contribution in [0.2, 0.25) is 58.9 Å². The molecule has 0 bridgehead atoms. The van der Waals surface area contributed by atoms with E-state index in [-0.39, 0.29) is 18.9 Å². The van der Waals surface area contributed by atoms with E-state index in [1.807, 2.05) is 0 Å². The van der Waals surface area contributed by atoms with Gasteiger partial charge in [-0.15, -0.1) is 29.5 Å². The molecule has 1 N–H and O–H groups in total. The smallest absolute Gasteiger partial charge is 0.378 e. The number of terminal acetylenes is 2. The third kappa shape index (κ3) is 40.6. The minimum Gasteiger partial charge on any atom is -0.378 e. The standard InChI is InChI=1S/C14H26OSi.C14H24Si.C11H16.C9H16O.C5H10Si.C4H9.Li/c1-5-6-13-7-9-14(15,10-8-13)11-12-16(2,3)4;1-5-6-13-7-9-14(10-8-13)11-12-15(2,3)4;1-3-5-11-8-6-10(4-2)7-9-11;1-2-3-8-4-6-9(10)7-5-8;1-5-6(2,3)4;1-3-4-2;/h13,15H,5-10H2,1-4H3;9,13H,5-8,10H2,1-4H3;2,6,11H,3,5,7-9H2,1H3;8H,2-7H2,1H3;1H,2-4H3;1,3-4H2,2H3;/q;;;;;-1;+1. The van der Waals surface area contributed by atoms with E-state index in [1.54, 1.807) is 0 Å². The van der Waals surface area contributed by atoms with Crippen molar-refractivity contribution in [2.24, 2.45) is 23.7 Å². The fourth-order valence-electron chi connectivity index (χ4n) is 7.61. The molecule has 0 aromatic carbocycles. The number of ketones is 1. The Morgan fingerprint density at radius 3 is 1.29 bits per heavy atom. The van der Waals surface area contributed by atoms with Crippen LogP contribution in [0.1, 0.15) is 189 Å². The quantitative estimate of drug-likeness (QED) is 0.142. The van der Waals surface area contributed by atoms with Crippen molar-refractivity contribution in [2.45, 2.75) is 253 Å². The van der Waals surface area contributed by atoms with E-state index in [1.165, 1.54) is 101 Å². The molecule has 2 nitrogen and oxygen atoms in total. The molecule has 2 atom stereocenters. The van der Waals surface area contributed by atoms with Crippen molar-refractivity contribution in [2.75, 3.05) is 0 Å². The Labute approximate surface area is 410 Å². The molecular weight excluding hydrogens is 808 g/mol. The van der Waals surface area contributed by atoms with E-state index in [4.69, 9.17) is 12.8 Å². The predicted molar refractivity (Wildman–Crippen MR) is 288 cm³/mol. The van der Waals surface area contributed by atoms with Crippen molar-refractivity contribution in [3.63, 3.8) is 0 Å². The van der Waals surface area contributed by atoms with Crippen molar-refractivity contribution in [3.05, 3.63) is 30.2 Å². The number of Topliss-reactive ketones (excluding diaryl/α,β-unsaturated/α-hetero) is 1. The zero-order valence-electron chi connectivity index (χ0n) is 44.7. The van der Waals surface area contributed by atoms with Crippen molar-refractivity contribution in [3.8, 4) is 47.2 Å². The van der Waals surface area contributed by atoms with Crippen LogP contribution in [0.4, 0.5) is 0 Å². The van der Waals surface area contributed by atoms with Crippen molar-refractivity contribution in [1.82, 2.24) is 0 Å². The number of hydrogen-bond donors (Lipinski definition) is 1. The zero-order valence-corrected chi connectivity index (χ0v) is 47.7. The van der Waals surface area contributed by atoms with Crippen molar-refractivity contribution >= 4 is 30.0 Å². The van der Waals surface area contributed by atoms with Gasteiger partial charge in [-0.1, -0.05) is 181 Å². The molecule has 4 aliphatic carbocycles. The second-order valence-corrected chi connectivity index (χ2v) is 36.0. The van der Waals surface area contributed by atoms with Gasteiger partial charge in [0, 0.05) is 12.8 Å². The number of rotatable bonds is 9. The minimum absolute atomic E-state index is 0. The predicted octanol–water partition coefficient (Wildman–Crippen LogP) is 13.8. The van der Waals surface area contributed by atoms with Crippen LogP contribution in [-0.4, -0.2) is 40.7 Å². The van der Waals surface area contributed by atoms with Gasteiger partial charge in [-0.3, -0.25) is 4.79 Å². The van der Waals surface area contributed by atoms with Gasteiger partial charge in [-0.25, -0.2) is 0 Å². The summed E-state index contributed by atoms with van der Waals surface area (Å²) in [6.45, 7) is 34.8. The van der Waals surface area contributed by atoms with Crippen LogP contribution in [0, 0.1) is 77.8 Å². The molecule has 0 aliphatic heterocycles. The Morgan fingerprint density at radius 1 is 0.603 bits per heavy atom. The molecule has 63 heavy (non-hydrogen) atoms. The maximum atomic E-state index is 10.8. The molecule has 0 saturated heterocycles. The molecule has 0 aromatic rings. The van der Waals surface area contributed by atoms with Gasteiger partial charge >= 0.3 is 18.9 Å². The van der Waals surface area contributed by atoms with Crippen molar-refractivity contribution in [1.29, 1.82) is 0 Å². The van der Waals surface area contributed by atoms with Gasteiger partial charge in [-0.2, -0.15) is 6.42 Å². The summed E-state index contributed by atoms with van der Waals surface area (Å²) in [7, 11) is -3.62. The number of aliphatic hydroxyl groups is 1. The number of unbranched alkanes of at least 4 members (excludes halogenated alkanes) is 1. The van der Waals surface area contributed by atoms with Crippen LogP contribution in [0.3, 0.4) is 0 Å². The number of hydrogen-bond acceptors (Lipinski definition) is 2. The average Bonchev–Trinajstić information content (AvgIpc) is 3.23. The Kier molecular flexibility index (Phi) is 39.4. The summed E-state index contributed by atoms with van der Waals surface area (Å²) < 4.78 is 0. The van der Waals surface area contributed by atoms with Gasteiger partial charge in [-0.05, 0) is 112 Å². The van der Waals surface area contributed by atoms with E-state index in [0.29, 0.717) is 5.78 Å². The molecule has 0 aromatic heterocycles. The Balaban J connectivity index is -0.000000715. The van der Waals surface area contributed by atoms with E-state index >= 15 is 0 Å². The van der Waals surface area contributed by atoms with E-state index in [9.17, 15) is 9.90 Å². The van der Waals surface area contributed by atoms with Gasteiger partial charge in [0.1, 0.15) is 35.6 Å². The van der Waals surface area contributed by atoms with Crippen LogP contribution in [0.25, 0.3) is 0 Å². The summed E-state index contributed by atoms with van der Waals surface area (Å²) in [4.78, 5) is 10.8. The monoisotopic (exact) mass is 909 g/mol. The number of allylic oxidation sites excluding steroid dienone is 4. The summed E-state index contributed by atoms with van der Waals surface area (Å²) in [5.74, 6) is 13.3. The second-order valence-electron chi connectivity index (χ2n) is 21.7. The van der Waals surface area contributed by atoms with E-state index < -0.39 is 29.8 Å². The van der Waals surface area contributed by atoms with Gasteiger partial charge in [0.05, 0.1) is 0 Å². The molecule has 2 unspecified atom stereocenters. The summed E-state index contributed by atoms with van der Waals surface area (Å²) in [6.07, 6.45) is 43.5. The molecule has 2 fully saturated rings. The van der Waals surface area contributed by atoms with Gasteiger partial charge in [0.25, 0.3) is 0 Å². The van der Waals surface area contributed by atoms with Gasteiger partial charge in [0.2, 0.25) is 0 Å². The molecule has 354 valence electrons. The molecular formula is C57H101LiO2Si3. The topological polar surface area (TPSA) is 37.3 Å². The van der Waals surface area contributed by atoms with Gasteiger partial charge in [0.15, 0.2) is 0 Å². The molecule has 0 amide bonds. The SMILES string of the molecule is C#CC1=CCC(CCC)CC1.C#C[Si](C)(C)C.CCCC1CC=C(C#C[Si](C)(C)C)CC1.CCCC1CCC(=O)CC1.CCCC1CCC(O)(C#C[Si](C)(C)C)CC1.[CH2-]CCC.[Li+]. The first-order chi connectivity index (χ1) is 29.0. The zero-order chi connectivity index (χ0) is 47.7. The molecule has 4 rings (SSSR count). The summed E-state index contributed by atoms with van der Waals surface area (Å²) in [6, 6.07) is 0. The number of carbonyl (C=O) groups is 1. The molecule has 0 radical (unpaired) electrons. The Morgan fingerprint density at radius 2 is 0.968 bits per heavy atom. The van der Waals surface area contributed by atoms with E-state index in [0.717, 1.165) is 87.9 Å². The molecule has 0 heterocycles. The molecule has 4 aliphatic rings. The molecule has 2 saturated carbocycles. The third-order valence-electron chi connectivity index (χ3n) is 11.7. The first-order valence-electron chi connectivity index (χ1n) is 25.5. The Hall–Kier alpha value is -1.40. The molecule has 6 heteroatoms. The Bertz CT molecular complexity index is 1450. The fourth-order valence-corrected chi connectivity index (χ4v) is 8.75. The van der Waals surface area contributed by atoms with Crippen LogP contribution >= 0.6 is 0 Å². The number of carbonyl (C=O) groups excluding carboxylic acids is 1. The normalized spacial score (nSPS) is 22.0. The third-order valence-corrected chi connectivity index (χ3v) is 14.3. The largest absolute Gasteiger partial charge is 1.00 e. The fraction of sp³-hybridized carbons (Fsp3) is 0.754. The van der Waals surface area contributed by atoms with Crippen LogP contribution in [0.15, 0.2) is 23.3 Å². The minimum atomic E-state index is -1.34. The van der Waals surface area contributed by atoms with E-state index in [2.05, 4.69) is 147 Å². The maximum Gasteiger partial charge on any atom is 1.00 e. The first kappa shape index (κ1) is 65.9. The van der Waals surface area contributed by atoms with Crippen LogP contribution < -0.4 is 18.9 Å². The summed E-state index contributed by atoms with van der Waals surface area (Å²) >= 11 is 0. The van der Waals surface area contributed by atoms with Crippen molar-refractivity contribution < 1.29 is 28.8 Å². The summed E-state index contributed by atoms with van der Waals surface area (Å²) in [5, 5.41) is 10.4. The average molecular weight is 910 g/mol. The maximum absolute atomic E-state index is 10.8. The summed E-state index contributed by atoms with van der Waals surface area (Å²) in [5.41, 5.74) is 11.5. The first-order valence-corrected chi connectivity index (χ1v) is 36.0. The van der Waals surface area contributed by atoms with Gasteiger partial charge < -0.3 is 12.0 Å². The van der Waals surface area contributed by atoms with Crippen LogP contribution in [0.5, 0.6) is 0 Å². The van der Waals surface area contributed by atoms with Crippen LogP contribution in [-0.2, 0) is 4.79 Å². The second kappa shape index (κ2) is 37.7.